The highest BCUT2D eigenvalue weighted by atomic mass is 16.5. The molecule has 0 saturated heterocycles. The summed E-state index contributed by atoms with van der Waals surface area (Å²) in [7, 11) is 7.22. The van der Waals surface area contributed by atoms with E-state index >= 15 is 0 Å². The van der Waals surface area contributed by atoms with Crippen LogP contribution in [-0.4, -0.2) is 70.4 Å². The van der Waals surface area contributed by atoms with Crippen LogP contribution in [0.25, 0.3) is 0 Å². The first-order valence-corrected chi connectivity index (χ1v) is 7.80. The highest BCUT2D eigenvalue weighted by Crippen LogP contribution is 2.07. The molecule has 1 aromatic rings. The van der Waals surface area contributed by atoms with E-state index in [1.54, 1.807) is 27.5 Å². The van der Waals surface area contributed by atoms with Crippen molar-refractivity contribution in [2.45, 2.75) is 13.0 Å². The van der Waals surface area contributed by atoms with Gasteiger partial charge in [0.2, 0.25) is 5.88 Å². The molecule has 0 aliphatic rings. The van der Waals surface area contributed by atoms with Crippen molar-refractivity contribution in [2.24, 2.45) is 4.99 Å². The van der Waals surface area contributed by atoms with Crippen LogP contribution in [-0.2, 0) is 11.3 Å². The zero-order valence-corrected chi connectivity index (χ0v) is 14.6. The van der Waals surface area contributed by atoms with Gasteiger partial charge in [0.15, 0.2) is 5.96 Å². The first-order chi connectivity index (χ1) is 11.2. The van der Waals surface area contributed by atoms with Gasteiger partial charge in [-0.15, -0.1) is 0 Å². The van der Waals surface area contributed by atoms with Crippen molar-refractivity contribution >= 4 is 5.96 Å². The summed E-state index contributed by atoms with van der Waals surface area (Å²) in [5.41, 5.74) is 1.09. The van der Waals surface area contributed by atoms with Gasteiger partial charge >= 0.3 is 0 Å². The summed E-state index contributed by atoms with van der Waals surface area (Å²) >= 11 is 0. The van der Waals surface area contributed by atoms with Crippen molar-refractivity contribution in [2.75, 3.05) is 54.6 Å². The van der Waals surface area contributed by atoms with Gasteiger partial charge in [0.25, 0.3) is 0 Å². The van der Waals surface area contributed by atoms with Crippen LogP contribution in [0.5, 0.6) is 5.88 Å². The van der Waals surface area contributed by atoms with E-state index in [0.717, 1.165) is 44.2 Å². The van der Waals surface area contributed by atoms with Crippen LogP contribution in [0.2, 0.25) is 0 Å². The van der Waals surface area contributed by atoms with E-state index in [0.29, 0.717) is 12.4 Å². The minimum Gasteiger partial charge on any atom is -0.481 e. The van der Waals surface area contributed by atoms with E-state index in [-0.39, 0.29) is 0 Å². The van der Waals surface area contributed by atoms with Gasteiger partial charge in [-0.1, -0.05) is 0 Å². The van der Waals surface area contributed by atoms with Gasteiger partial charge < -0.3 is 25.0 Å². The Labute approximate surface area is 139 Å². The molecule has 0 radical (unpaired) electrons. The molecule has 7 heteroatoms. The highest BCUT2D eigenvalue weighted by molar-refractivity contribution is 5.79. The summed E-state index contributed by atoms with van der Waals surface area (Å²) < 4.78 is 10.2. The van der Waals surface area contributed by atoms with Crippen LogP contribution in [0, 0.1) is 0 Å². The lowest BCUT2D eigenvalue weighted by atomic mass is 10.2. The standard InChI is InChI=1S/C16H29N5O2/c1-17-16(19-8-10-21(2)9-5-11-22-3)20-13-14-6-7-18-15(12-14)23-4/h6-7,12H,5,8-11,13H2,1-4H3,(H2,17,19,20). The van der Waals surface area contributed by atoms with E-state index in [1.807, 2.05) is 12.1 Å². The number of likely N-dealkylation sites (N-methyl/N-ethyl adjacent to an activating group) is 1. The molecule has 2 N–H and O–H groups in total. The molecule has 1 heterocycles. The molecule has 0 aliphatic carbocycles. The van der Waals surface area contributed by atoms with Crippen molar-refractivity contribution in [1.29, 1.82) is 0 Å². The molecule has 1 aromatic heterocycles. The Hall–Kier alpha value is -1.86. The average Bonchev–Trinajstić information content (AvgIpc) is 2.58. The van der Waals surface area contributed by atoms with Crippen molar-refractivity contribution < 1.29 is 9.47 Å². The average molecular weight is 323 g/mol. The Kier molecular flexibility index (Phi) is 9.74. The van der Waals surface area contributed by atoms with E-state index in [2.05, 4.69) is 32.6 Å². The molecule has 7 nitrogen and oxygen atoms in total. The van der Waals surface area contributed by atoms with Gasteiger partial charge in [0.05, 0.1) is 7.11 Å². The lowest BCUT2D eigenvalue weighted by molar-refractivity contribution is 0.180. The number of nitrogens with one attached hydrogen (secondary N) is 2. The van der Waals surface area contributed by atoms with Crippen molar-refractivity contribution in [1.82, 2.24) is 20.5 Å². The van der Waals surface area contributed by atoms with E-state index in [9.17, 15) is 0 Å². The van der Waals surface area contributed by atoms with Crippen LogP contribution in [0.15, 0.2) is 23.3 Å². The van der Waals surface area contributed by atoms with Gasteiger partial charge in [0, 0.05) is 59.2 Å². The van der Waals surface area contributed by atoms with Crippen LogP contribution < -0.4 is 15.4 Å². The fraction of sp³-hybridized carbons (Fsp3) is 0.625. The molecule has 130 valence electrons. The predicted molar refractivity (Wildman–Crippen MR) is 93.0 cm³/mol. The van der Waals surface area contributed by atoms with E-state index in [1.165, 1.54) is 0 Å². The molecule has 0 saturated carbocycles. The van der Waals surface area contributed by atoms with Gasteiger partial charge in [-0.2, -0.15) is 0 Å². The van der Waals surface area contributed by atoms with Crippen LogP contribution in [0.3, 0.4) is 0 Å². The quantitative estimate of drug-likeness (QED) is 0.376. The molecule has 23 heavy (non-hydrogen) atoms. The lowest BCUT2D eigenvalue weighted by Crippen LogP contribution is -2.40. The Morgan fingerprint density at radius 3 is 2.83 bits per heavy atom. The van der Waals surface area contributed by atoms with Gasteiger partial charge in [-0.05, 0) is 25.1 Å². The fourth-order valence-corrected chi connectivity index (χ4v) is 2.03. The van der Waals surface area contributed by atoms with Crippen LogP contribution in [0.4, 0.5) is 0 Å². The maximum absolute atomic E-state index is 5.12. The predicted octanol–water partition coefficient (Wildman–Crippen LogP) is 0.724. The molecule has 0 atom stereocenters. The largest absolute Gasteiger partial charge is 0.481 e. The summed E-state index contributed by atoms with van der Waals surface area (Å²) in [6.45, 7) is 4.29. The topological polar surface area (TPSA) is 71.0 Å². The first-order valence-electron chi connectivity index (χ1n) is 7.80. The molecular weight excluding hydrogens is 294 g/mol. The second kappa shape index (κ2) is 11.7. The Bertz CT molecular complexity index is 468. The van der Waals surface area contributed by atoms with Crippen molar-refractivity contribution in [3.63, 3.8) is 0 Å². The Morgan fingerprint density at radius 2 is 2.13 bits per heavy atom. The third-order valence-electron chi connectivity index (χ3n) is 3.37. The fourth-order valence-electron chi connectivity index (χ4n) is 2.03. The van der Waals surface area contributed by atoms with Crippen LogP contribution in [0.1, 0.15) is 12.0 Å². The number of hydrogen-bond acceptors (Lipinski definition) is 5. The second-order valence-electron chi connectivity index (χ2n) is 5.21. The summed E-state index contributed by atoms with van der Waals surface area (Å²) in [6, 6.07) is 3.86. The molecule has 0 aromatic carbocycles. The first kappa shape index (κ1) is 19.2. The minimum atomic E-state index is 0.616. The maximum atomic E-state index is 5.12. The van der Waals surface area contributed by atoms with Gasteiger partial charge in [-0.3, -0.25) is 4.99 Å². The Balaban J connectivity index is 2.26. The number of hydrogen-bond donors (Lipinski definition) is 2. The summed E-state index contributed by atoms with van der Waals surface area (Å²) in [5, 5.41) is 6.59. The van der Waals surface area contributed by atoms with Crippen LogP contribution >= 0.6 is 0 Å². The number of nitrogens with zero attached hydrogens (tertiary/aromatic N) is 3. The summed E-state index contributed by atoms with van der Waals surface area (Å²) in [6.07, 6.45) is 2.78. The maximum Gasteiger partial charge on any atom is 0.213 e. The number of guanidine groups is 1. The van der Waals surface area contributed by atoms with Gasteiger partial charge in [-0.25, -0.2) is 4.98 Å². The summed E-state index contributed by atoms with van der Waals surface area (Å²) in [5.74, 6) is 1.40. The number of methoxy groups -OCH3 is 2. The number of pyridine rings is 1. The molecule has 0 spiro atoms. The molecule has 0 fully saturated rings. The Morgan fingerprint density at radius 1 is 1.30 bits per heavy atom. The number of aliphatic imine (C=N–C) groups is 1. The number of ether oxygens (including phenoxy) is 2. The van der Waals surface area contributed by atoms with Crippen molar-refractivity contribution in [3.05, 3.63) is 23.9 Å². The zero-order chi connectivity index (χ0) is 16.9. The lowest BCUT2D eigenvalue weighted by Gasteiger charge is -2.18. The molecule has 1 rings (SSSR count). The molecule has 0 amide bonds. The smallest absolute Gasteiger partial charge is 0.213 e. The number of aromatic nitrogens is 1. The molecule has 0 bridgehead atoms. The van der Waals surface area contributed by atoms with Gasteiger partial charge in [0.1, 0.15) is 0 Å². The monoisotopic (exact) mass is 323 g/mol. The highest BCUT2D eigenvalue weighted by Gasteiger charge is 2.02. The van der Waals surface area contributed by atoms with E-state index < -0.39 is 0 Å². The molecule has 0 aliphatic heterocycles. The molecule has 0 unspecified atom stereocenters. The molecular formula is C16H29N5O2. The van der Waals surface area contributed by atoms with E-state index in [4.69, 9.17) is 9.47 Å². The zero-order valence-electron chi connectivity index (χ0n) is 14.6. The third kappa shape index (κ3) is 8.37. The third-order valence-corrected chi connectivity index (χ3v) is 3.37. The summed E-state index contributed by atoms with van der Waals surface area (Å²) in [4.78, 5) is 10.6. The second-order valence-corrected chi connectivity index (χ2v) is 5.21. The number of rotatable bonds is 10. The normalized spacial score (nSPS) is 11.6. The SMILES string of the molecule is CN=C(NCCN(C)CCCOC)NCc1ccnc(OC)c1. The minimum absolute atomic E-state index is 0.616. The van der Waals surface area contributed by atoms with Crippen molar-refractivity contribution in [3.8, 4) is 5.88 Å².